The second-order valence-electron chi connectivity index (χ2n) is 6.75. The predicted octanol–water partition coefficient (Wildman–Crippen LogP) is 2.33. The van der Waals surface area contributed by atoms with E-state index in [-0.39, 0.29) is 30.0 Å². The van der Waals surface area contributed by atoms with Gasteiger partial charge in [0, 0.05) is 41.8 Å². The van der Waals surface area contributed by atoms with Gasteiger partial charge in [-0.1, -0.05) is 0 Å². The van der Waals surface area contributed by atoms with Gasteiger partial charge < -0.3 is 15.4 Å². The molecule has 2 amide bonds. The van der Waals surface area contributed by atoms with Crippen LogP contribution in [0.25, 0.3) is 0 Å². The van der Waals surface area contributed by atoms with Crippen LogP contribution in [0.3, 0.4) is 0 Å². The lowest BCUT2D eigenvalue weighted by Gasteiger charge is -2.23. The molecule has 1 fully saturated rings. The third-order valence-corrected chi connectivity index (χ3v) is 5.80. The Labute approximate surface area is 176 Å². The zero-order valence-corrected chi connectivity index (χ0v) is 17.1. The quantitative estimate of drug-likeness (QED) is 0.389. The minimum Gasteiger partial charge on any atom is -0.445 e. The van der Waals surface area contributed by atoms with Crippen molar-refractivity contribution < 1.29 is 19.2 Å². The molecule has 3 rings (SSSR count). The molecule has 0 radical (unpaired) electrons. The van der Waals surface area contributed by atoms with E-state index in [1.165, 1.54) is 23.5 Å². The normalized spacial score (nSPS) is 18.6. The zero-order valence-electron chi connectivity index (χ0n) is 15.4. The summed E-state index contributed by atoms with van der Waals surface area (Å²) < 4.78 is 5.39. The lowest BCUT2D eigenvalue weighted by Crippen LogP contribution is -2.37. The zero-order chi connectivity index (χ0) is 21.0. The van der Waals surface area contributed by atoms with Gasteiger partial charge >= 0.3 is 6.09 Å². The first-order valence-electron chi connectivity index (χ1n) is 8.88. The number of amides is 2. The number of nitro groups is 1. The highest BCUT2D eigenvalue weighted by atomic mass is 32.1. The molecule has 2 atom stereocenters. The number of thiazole rings is 1. The fraction of sp³-hybridized carbons (Fsp3) is 0.389. The number of primary amides is 1. The molecule has 0 unspecified atom stereocenters. The van der Waals surface area contributed by atoms with Crippen molar-refractivity contribution >= 4 is 41.7 Å². The molecule has 0 bridgehead atoms. The smallest absolute Gasteiger partial charge is 0.410 e. The summed E-state index contributed by atoms with van der Waals surface area (Å²) in [5.74, 6) is -0.436. The van der Waals surface area contributed by atoms with Crippen LogP contribution in [-0.2, 0) is 29.0 Å². The third kappa shape index (κ3) is 5.67. The lowest BCUT2D eigenvalue weighted by molar-refractivity contribution is -0.384. The molecular formula is C18H20N4O5S2. The highest BCUT2D eigenvalue weighted by Gasteiger charge is 2.35. The topological polar surface area (TPSA) is 129 Å². The Morgan fingerprint density at radius 2 is 2.10 bits per heavy atom. The van der Waals surface area contributed by atoms with Crippen LogP contribution in [0.1, 0.15) is 22.7 Å². The molecule has 0 spiro atoms. The maximum absolute atomic E-state index is 12.6. The molecule has 2 N–H and O–H groups in total. The summed E-state index contributed by atoms with van der Waals surface area (Å²) in [6.07, 6.45) is 0.893. The number of carbonyl (C=O) groups is 2. The van der Waals surface area contributed by atoms with Gasteiger partial charge in [0.25, 0.3) is 5.69 Å². The average Bonchev–Trinajstić information content (AvgIpc) is 3.25. The number of likely N-dealkylation sites (tertiary alicyclic amines) is 1. The number of hydrogen-bond acceptors (Lipinski definition) is 8. The Hall–Kier alpha value is -2.66. The third-order valence-electron chi connectivity index (χ3n) is 4.50. The number of nitro benzene ring substituents is 1. The molecule has 1 aromatic carbocycles. The van der Waals surface area contributed by atoms with E-state index < -0.39 is 16.9 Å². The Bertz CT molecular complexity index is 902. The number of hydrogen-bond donors (Lipinski definition) is 2. The molecule has 1 saturated heterocycles. The number of nitrogens with zero attached hydrogens (tertiary/aromatic N) is 3. The number of nitrogens with two attached hydrogens (primary N) is 1. The predicted molar refractivity (Wildman–Crippen MR) is 110 cm³/mol. The lowest BCUT2D eigenvalue weighted by atomic mass is 10.1. The second-order valence-corrected chi connectivity index (χ2v) is 8.43. The van der Waals surface area contributed by atoms with Crippen molar-refractivity contribution in [3.8, 4) is 0 Å². The SMILES string of the molecule is NC(=O)Cc1csc(C[C@@H]2C[C@H](S)CN2C(=O)OCc2ccc([N+](=O)[O-])cc2)n1. The van der Waals surface area contributed by atoms with Crippen LogP contribution in [-0.4, -0.2) is 44.6 Å². The van der Waals surface area contributed by atoms with Crippen molar-refractivity contribution in [1.29, 1.82) is 0 Å². The van der Waals surface area contributed by atoms with Crippen LogP contribution in [0.15, 0.2) is 29.6 Å². The Kier molecular flexibility index (Phi) is 6.70. The van der Waals surface area contributed by atoms with Crippen molar-refractivity contribution in [3.05, 3.63) is 56.0 Å². The first-order valence-corrected chi connectivity index (χ1v) is 10.3. The first-order chi connectivity index (χ1) is 13.8. The number of non-ortho nitro benzene ring substituents is 1. The first kappa shape index (κ1) is 21.1. The second kappa shape index (κ2) is 9.23. The number of rotatable bonds is 7. The van der Waals surface area contributed by atoms with E-state index in [4.69, 9.17) is 10.5 Å². The van der Waals surface area contributed by atoms with Gasteiger partial charge in [-0.2, -0.15) is 12.6 Å². The average molecular weight is 437 g/mol. The van der Waals surface area contributed by atoms with E-state index in [0.29, 0.717) is 30.6 Å². The number of aromatic nitrogens is 1. The summed E-state index contributed by atoms with van der Waals surface area (Å²) in [5, 5.41) is 13.4. The van der Waals surface area contributed by atoms with Crippen molar-refractivity contribution in [2.24, 2.45) is 5.73 Å². The molecular weight excluding hydrogens is 416 g/mol. The summed E-state index contributed by atoms with van der Waals surface area (Å²) in [6.45, 7) is 0.490. The van der Waals surface area contributed by atoms with E-state index >= 15 is 0 Å². The minimum atomic E-state index is -0.481. The maximum Gasteiger partial charge on any atom is 0.410 e. The van der Waals surface area contributed by atoms with Crippen molar-refractivity contribution in [1.82, 2.24) is 9.88 Å². The standard InChI is InChI=1S/C18H20N4O5S2/c19-16(23)5-12-10-29-17(20-12)7-14-6-15(28)8-21(14)18(24)27-9-11-1-3-13(4-2-11)22(25)26/h1-4,10,14-15,28H,5-9H2,(H2,19,23)/t14-,15-/m0/s1. The van der Waals surface area contributed by atoms with Crippen molar-refractivity contribution in [2.75, 3.05) is 6.54 Å². The van der Waals surface area contributed by atoms with Gasteiger partial charge in [0.2, 0.25) is 5.91 Å². The molecule has 29 heavy (non-hydrogen) atoms. The van der Waals surface area contributed by atoms with Gasteiger partial charge in [-0.25, -0.2) is 9.78 Å². The highest BCUT2D eigenvalue weighted by Crippen LogP contribution is 2.27. The molecule has 1 aliphatic heterocycles. The van der Waals surface area contributed by atoms with Gasteiger partial charge in [-0.05, 0) is 24.1 Å². The number of benzene rings is 1. The van der Waals surface area contributed by atoms with Crippen LogP contribution in [0.5, 0.6) is 0 Å². The molecule has 0 saturated carbocycles. The molecule has 9 nitrogen and oxygen atoms in total. The molecule has 154 valence electrons. The fourth-order valence-electron chi connectivity index (χ4n) is 3.15. The largest absolute Gasteiger partial charge is 0.445 e. The Balaban J connectivity index is 1.58. The van der Waals surface area contributed by atoms with Crippen molar-refractivity contribution in [3.63, 3.8) is 0 Å². The summed E-state index contributed by atoms with van der Waals surface area (Å²) in [7, 11) is 0. The summed E-state index contributed by atoms with van der Waals surface area (Å²) in [4.78, 5) is 39.9. The summed E-state index contributed by atoms with van der Waals surface area (Å²) >= 11 is 5.93. The van der Waals surface area contributed by atoms with Crippen molar-refractivity contribution in [2.45, 2.75) is 37.2 Å². The fourth-order valence-corrected chi connectivity index (χ4v) is 4.44. The molecule has 2 heterocycles. The van der Waals surface area contributed by atoms with E-state index in [1.54, 1.807) is 22.4 Å². The minimum absolute atomic E-state index is 0.0169. The number of ether oxygens (including phenoxy) is 1. The monoisotopic (exact) mass is 436 g/mol. The van der Waals surface area contributed by atoms with Crippen LogP contribution in [0.2, 0.25) is 0 Å². The highest BCUT2D eigenvalue weighted by molar-refractivity contribution is 7.81. The van der Waals surface area contributed by atoms with Crippen LogP contribution < -0.4 is 5.73 Å². The molecule has 1 aliphatic rings. The van der Waals surface area contributed by atoms with Gasteiger partial charge in [0.05, 0.1) is 22.0 Å². The molecule has 1 aromatic heterocycles. The van der Waals surface area contributed by atoms with Gasteiger partial charge in [-0.3, -0.25) is 14.9 Å². The molecule has 11 heteroatoms. The maximum atomic E-state index is 12.6. The van der Waals surface area contributed by atoms with Gasteiger partial charge in [-0.15, -0.1) is 11.3 Å². The summed E-state index contributed by atoms with van der Waals surface area (Å²) in [6, 6.07) is 5.76. The molecule has 2 aromatic rings. The van der Waals surface area contributed by atoms with Crippen LogP contribution in [0, 0.1) is 10.1 Å². The van der Waals surface area contributed by atoms with Crippen LogP contribution in [0.4, 0.5) is 10.5 Å². The van der Waals surface area contributed by atoms with E-state index in [0.717, 1.165) is 5.01 Å². The van der Waals surface area contributed by atoms with Crippen LogP contribution >= 0.6 is 24.0 Å². The molecule has 0 aliphatic carbocycles. The summed E-state index contributed by atoms with van der Waals surface area (Å²) in [5.41, 5.74) is 6.47. The van der Waals surface area contributed by atoms with Gasteiger partial charge in [0.15, 0.2) is 0 Å². The Morgan fingerprint density at radius 1 is 1.38 bits per heavy atom. The van der Waals surface area contributed by atoms with E-state index in [2.05, 4.69) is 17.6 Å². The number of carbonyl (C=O) groups excluding carboxylic acids is 2. The van der Waals surface area contributed by atoms with E-state index in [9.17, 15) is 19.7 Å². The van der Waals surface area contributed by atoms with E-state index in [1.807, 2.05) is 0 Å². The van der Waals surface area contributed by atoms with Gasteiger partial charge in [0.1, 0.15) is 6.61 Å². The number of thiol groups is 1. The Morgan fingerprint density at radius 3 is 2.76 bits per heavy atom.